The minimum atomic E-state index is -1.15. The summed E-state index contributed by atoms with van der Waals surface area (Å²) in [6, 6.07) is 5.60. The zero-order valence-corrected chi connectivity index (χ0v) is 16.5. The van der Waals surface area contributed by atoms with Crippen molar-refractivity contribution in [1.82, 2.24) is 15.2 Å². The van der Waals surface area contributed by atoms with Crippen LogP contribution in [0, 0.1) is 12.3 Å². The molecular weight excluding hydrogens is 350 g/mol. The maximum atomic E-state index is 13.3. The number of aromatic nitrogens is 1. The Balaban J connectivity index is 2.28. The number of nitrogens with one attached hydrogen (secondary N) is 1. The van der Waals surface area contributed by atoms with E-state index in [0.29, 0.717) is 26.2 Å². The number of hydrogen-bond donors (Lipinski definition) is 1. The summed E-state index contributed by atoms with van der Waals surface area (Å²) in [5.74, 6) is 2.43. The van der Waals surface area contributed by atoms with Crippen LogP contribution >= 0.6 is 11.8 Å². The Morgan fingerprint density at radius 2 is 2.23 bits per heavy atom. The van der Waals surface area contributed by atoms with E-state index in [2.05, 4.69) is 21.1 Å². The highest BCUT2D eigenvalue weighted by Crippen LogP contribution is 2.34. The molecule has 1 aliphatic rings. The van der Waals surface area contributed by atoms with Crippen LogP contribution in [-0.4, -0.2) is 66.2 Å². The first-order valence-electron chi connectivity index (χ1n) is 8.72. The number of terminal acetylenes is 1. The van der Waals surface area contributed by atoms with E-state index in [0.717, 1.165) is 18.1 Å². The third-order valence-electron chi connectivity index (χ3n) is 4.53. The van der Waals surface area contributed by atoms with Gasteiger partial charge in [-0.05, 0) is 25.5 Å². The average Bonchev–Trinajstić information content (AvgIpc) is 2.68. The average molecular weight is 378 g/mol. The monoisotopic (exact) mass is 377 g/mol. The first-order chi connectivity index (χ1) is 12.5. The molecule has 2 atom stereocenters. The number of nitrogens with zero attached hydrogens (tertiary/aromatic N) is 2. The molecule has 1 N–H and O–H groups in total. The predicted octanol–water partition coefficient (Wildman–Crippen LogP) is 1.77. The summed E-state index contributed by atoms with van der Waals surface area (Å²) in [7, 11) is 1.55. The van der Waals surface area contributed by atoms with Crippen LogP contribution in [0.5, 0.6) is 0 Å². The summed E-state index contributed by atoms with van der Waals surface area (Å²) < 4.78 is 11.2. The molecule has 0 bridgehead atoms. The molecule has 1 aliphatic heterocycles. The molecule has 0 radical (unpaired) electrons. The molecule has 1 aromatic heterocycles. The lowest BCUT2D eigenvalue weighted by molar-refractivity contribution is -0.137. The smallest absolute Gasteiger partial charge is 0.265 e. The van der Waals surface area contributed by atoms with Crippen molar-refractivity contribution in [2.75, 3.05) is 40.0 Å². The molecule has 0 spiro atoms. The van der Waals surface area contributed by atoms with Crippen molar-refractivity contribution in [2.45, 2.75) is 35.8 Å². The van der Waals surface area contributed by atoms with Gasteiger partial charge in [-0.15, -0.1) is 6.42 Å². The lowest BCUT2D eigenvalue weighted by Crippen LogP contribution is -2.59. The molecule has 2 rings (SSSR count). The largest absolute Gasteiger partial charge is 0.379 e. The minimum absolute atomic E-state index is 0.246. The second-order valence-corrected chi connectivity index (χ2v) is 7.68. The van der Waals surface area contributed by atoms with Gasteiger partial charge in [0.15, 0.2) is 0 Å². The molecule has 2 unspecified atom stereocenters. The molecular formula is C19H27N3O3S. The highest BCUT2D eigenvalue weighted by molar-refractivity contribution is 8.01. The third kappa shape index (κ3) is 5.21. The fourth-order valence-corrected chi connectivity index (χ4v) is 3.62. The van der Waals surface area contributed by atoms with E-state index >= 15 is 0 Å². The minimum Gasteiger partial charge on any atom is -0.379 e. The molecule has 7 heteroatoms. The number of ether oxygens (including phenoxy) is 2. The first kappa shape index (κ1) is 20.7. The second-order valence-electron chi connectivity index (χ2n) is 6.40. The molecule has 0 aromatic carbocycles. The molecule has 1 amide bonds. The Hall–Kier alpha value is -1.59. The van der Waals surface area contributed by atoms with Crippen molar-refractivity contribution in [1.29, 1.82) is 0 Å². The van der Waals surface area contributed by atoms with Crippen LogP contribution in [0.2, 0.25) is 0 Å². The van der Waals surface area contributed by atoms with Crippen molar-refractivity contribution in [2.24, 2.45) is 0 Å². The number of hydrogen-bond acceptors (Lipinski definition) is 6. The fourth-order valence-electron chi connectivity index (χ4n) is 2.55. The number of amides is 1. The van der Waals surface area contributed by atoms with Crippen LogP contribution in [0.3, 0.4) is 0 Å². The van der Waals surface area contributed by atoms with Gasteiger partial charge >= 0.3 is 0 Å². The van der Waals surface area contributed by atoms with Gasteiger partial charge in [-0.1, -0.05) is 30.7 Å². The van der Waals surface area contributed by atoms with Gasteiger partial charge in [-0.2, -0.15) is 0 Å². The number of pyridine rings is 1. The lowest BCUT2D eigenvalue weighted by Gasteiger charge is -2.38. The number of morpholine rings is 1. The Morgan fingerprint density at radius 1 is 1.50 bits per heavy atom. The van der Waals surface area contributed by atoms with Crippen LogP contribution in [0.4, 0.5) is 0 Å². The molecule has 1 fully saturated rings. The summed E-state index contributed by atoms with van der Waals surface area (Å²) in [5.41, 5.74) is -0.726. The van der Waals surface area contributed by atoms with Gasteiger partial charge in [0.2, 0.25) is 4.93 Å². The first-order valence-corrected chi connectivity index (χ1v) is 9.54. The van der Waals surface area contributed by atoms with Gasteiger partial charge < -0.3 is 14.8 Å². The topological polar surface area (TPSA) is 63.7 Å². The van der Waals surface area contributed by atoms with Gasteiger partial charge in [0.1, 0.15) is 0 Å². The van der Waals surface area contributed by atoms with E-state index in [1.165, 1.54) is 11.8 Å². The van der Waals surface area contributed by atoms with Crippen LogP contribution < -0.4 is 5.32 Å². The highest BCUT2D eigenvalue weighted by atomic mass is 32.2. The van der Waals surface area contributed by atoms with Crippen LogP contribution in [0.15, 0.2) is 29.4 Å². The standard InChI is InChI=1S/C19H27N3O3S/c1-5-18(3,6-2)21-17(23)19(24-4,15-22-11-13-25-14-12-22)26-16-9-7-8-10-20-16/h1,7-10H,6,11-15H2,2-4H3,(H,21,23). The molecule has 26 heavy (non-hydrogen) atoms. The zero-order chi connectivity index (χ0) is 19.0. The number of carbonyl (C=O) groups excluding carboxylic acids is 1. The van der Waals surface area contributed by atoms with E-state index in [4.69, 9.17) is 15.9 Å². The van der Waals surface area contributed by atoms with E-state index in [9.17, 15) is 4.79 Å². The molecule has 142 valence electrons. The third-order valence-corrected chi connectivity index (χ3v) is 5.79. The van der Waals surface area contributed by atoms with Crippen molar-refractivity contribution >= 4 is 17.7 Å². The lowest BCUT2D eigenvalue weighted by atomic mass is 10.00. The summed E-state index contributed by atoms with van der Waals surface area (Å²) in [5, 5.41) is 3.71. The summed E-state index contributed by atoms with van der Waals surface area (Å²) in [6.45, 7) is 7.00. The van der Waals surface area contributed by atoms with Crippen LogP contribution in [0.1, 0.15) is 20.3 Å². The van der Waals surface area contributed by atoms with Crippen molar-refractivity contribution in [3.05, 3.63) is 24.4 Å². The molecule has 0 saturated carbocycles. The predicted molar refractivity (Wildman–Crippen MR) is 103 cm³/mol. The van der Waals surface area contributed by atoms with E-state index in [1.54, 1.807) is 13.3 Å². The van der Waals surface area contributed by atoms with Crippen molar-refractivity contribution < 1.29 is 14.3 Å². The maximum absolute atomic E-state index is 13.3. The van der Waals surface area contributed by atoms with Crippen LogP contribution in [-0.2, 0) is 14.3 Å². The Morgan fingerprint density at radius 3 is 2.77 bits per heavy atom. The number of rotatable bonds is 8. The SMILES string of the molecule is C#CC(C)(CC)NC(=O)C(CN1CCOCC1)(OC)Sc1ccccn1. The van der Waals surface area contributed by atoms with Gasteiger partial charge in [0.25, 0.3) is 5.91 Å². The quantitative estimate of drug-likeness (QED) is 0.423. The normalized spacial score (nSPS) is 19.8. The zero-order valence-electron chi connectivity index (χ0n) is 15.7. The molecule has 1 aromatic rings. The summed E-state index contributed by atoms with van der Waals surface area (Å²) in [6.07, 6.45) is 7.96. The Bertz CT molecular complexity index is 631. The van der Waals surface area contributed by atoms with Gasteiger partial charge in [-0.25, -0.2) is 4.98 Å². The fraction of sp³-hybridized carbons (Fsp3) is 0.579. The van der Waals surface area contributed by atoms with Gasteiger partial charge in [0, 0.05) is 32.9 Å². The van der Waals surface area contributed by atoms with E-state index in [-0.39, 0.29) is 5.91 Å². The number of methoxy groups -OCH3 is 1. The van der Waals surface area contributed by atoms with Gasteiger partial charge in [-0.3, -0.25) is 9.69 Å². The maximum Gasteiger partial charge on any atom is 0.265 e. The molecule has 1 saturated heterocycles. The van der Waals surface area contributed by atoms with E-state index in [1.807, 2.05) is 32.0 Å². The number of thioether (sulfide) groups is 1. The van der Waals surface area contributed by atoms with Crippen molar-refractivity contribution in [3.8, 4) is 12.3 Å². The van der Waals surface area contributed by atoms with E-state index < -0.39 is 10.5 Å². The second kappa shape index (κ2) is 9.38. The Labute approximate surface area is 160 Å². The number of carbonyl (C=O) groups is 1. The summed E-state index contributed by atoms with van der Waals surface area (Å²) >= 11 is 1.30. The van der Waals surface area contributed by atoms with Gasteiger partial charge in [0.05, 0.1) is 23.8 Å². The summed E-state index contributed by atoms with van der Waals surface area (Å²) in [4.78, 5) is 18.6. The van der Waals surface area contributed by atoms with Crippen LogP contribution in [0.25, 0.3) is 0 Å². The molecule has 6 nitrogen and oxygen atoms in total. The molecule has 2 heterocycles. The Kier molecular flexibility index (Phi) is 7.47. The van der Waals surface area contributed by atoms with Crippen molar-refractivity contribution in [3.63, 3.8) is 0 Å². The highest BCUT2D eigenvalue weighted by Gasteiger charge is 2.44. The molecule has 0 aliphatic carbocycles.